The zero-order valence-corrected chi connectivity index (χ0v) is 15.7. The van der Waals surface area contributed by atoms with Crippen LogP contribution in [0.2, 0.25) is 0 Å². The van der Waals surface area contributed by atoms with Crippen LogP contribution in [-0.2, 0) is 16.0 Å². The van der Waals surface area contributed by atoms with Gasteiger partial charge in [0.25, 0.3) is 0 Å². The van der Waals surface area contributed by atoms with E-state index in [1.165, 1.54) is 0 Å². The van der Waals surface area contributed by atoms with E-state index in [1.807, 2.05) is 24.3 Å². The number of fused-ring (bicyclic) bond motifs is 1. The summed E-state index contributed by atoms with van der Waals surface area (Å²) in [7, 11) is 0. The summed E-state index contributed by atoms with van der Waals surface area (Å²) in [5.74, 6) is -1.26. The van der Waals surface area contributed by atoms with Crippen molar-refractivity contribution in [3.8, 4) is 0 Å². The molecule has 8 heteroatoms. The number of aromatic amines is 1. The highest BCUT2D eigenvalue weighted by atomic mass is 16.4. The number of hydrogen-bond donors (Lipinski definition) is 4. The lowest BCUT2D eigenvalue weighted by molar-refractivity contribution is -0.139. The number of benzene rings is 1. The van der Waals surface area contributed by atoms with Gasteiger partial charge in [0.2, 0.25) is 5.91 Å². The Hall–Kier alpha value is -3.03. The summed E-state index contributed by atoms with van der Waals surface area (Å²) in [5, 5.41) is 15.3. The van der Waals surface area contributed by atoms with Crippen molar-refractivity contribution in [1.82, 2.24) is 20.5 Å². The van der Waals surface area contributed by atoms with Crippen molar-refractivity contribution in [2.24, 2.45) is 0 Å². The van der Waals surface area contributed by atoms with Gasteiger partial charge in [-0.3, -0.25) is 4.79 Å². The van der Waals surface area contributed by atoms with Gasteiger partial charge in [0.1, 0.15) is 6.04 Å². The zero-order chi connectivity index (χ0) is 19.9. The number of amides is 3. The van der Waals surface area contributed by atoms with Gasteiger partial charge in [-0.15, -0.1) is 0 Å². The van der Waals surface area contributed by atoms with E-state index in [1.54, 1.807) is 11.1 Å². The van der Waals surface area contributed by atoms with Crippen molar-refractivity contribution < 1.29 is 19.5 Å². The lowest BCUT2D eigenvalue weighted by atomic mass is 10.1. The van der Waals surface area contributed by atoms with E-state index in [4.69, 9.17) is 0 Å². The quantitative estimate of drug-likeness (QED) is 0.607. The molecule has 3 amide bonds. The number of aromatic nitrogens is 1. The molecule has 0 radical (unpaired) electrons. The van der Waals surface area contributed by atoms with Gasteiger partial charge in [-0.1, -0.05) is 31.0 Å². The predicted octanol–water partition coefficient (Wildman–Crippen LogP) is 1.87. The van der Waals surface area contributed by atoms with Crippen LogP contribution >= 0.6 is 0 Å². The van der Waals surface area contributed by atoms with Crippen molar-refractivity contribution >= 4 is 28.8 Å². The lowest BCUT2D eigenvalue weighted by Gasteiger charge is -2.21. The summed E-state index contributed by atoms with van der Waals surface area (Å²) >= 11 is 0. The van der Waals surface area contributed by atoms with Crippen LogP contribution in [-0.4, -0.2) is 58.6 Å². The van der Waals surface area contributed by atoms with E-state index >= 15 is 0 Å². The van der Waals surface area contributed by atoms with Crippen LogP contribution in [0.15, 0.2) is 30.5 Å². The van der Waals surface area contributed by atoms with E-state index in [0.29, 0.717) is 13.1 Å². The number of carbonyl (C=O) groups is 3. The Morgan fingerprint density at radius 1 is 1.11 bits per heavy atom. The van der Waals surface area contributed by atoms with E-state index in [-0.39, 0.29) is 18.9 Å². The highest BCUT2D eigenvalue weighted by Gasteiger charge is 2.23. The number of rotatable bonds is 6. The molecule has 0 spiro atoms. The highest BCUT2D eigenvalue weighted by Crippen LogP contribution is 2.19. The van der Waals surface area contributed by atoms with Crippen LogP contribution in [0.5, 0.6) is 0 Å². The summed E-state index contributed by atoms with van der Waals surface area (Å²) < 4.78 is 0. The molecule has 1 saturated heterocycles. The van der Waals surface area contributed by atoms with Gasteiger partial charge in [0.15, 0.2) is 0 Å². The molecule has 1 aromatic carbocycles. The molecule has 0 saturated carbocycles. The number of carbonyl (C=O) groups excluding carboxylic acids is 2. The van der Waals surface area contributed by atoms with Crippen LogP contribution in [0.3, 0.4) is 0 Å². The van der Waals surface area contributed by atoms with Crippen LogP contribution in [0.4, 0.5) is 4.79 Å². The molecule has 8 nitrogen and oxygen atoms in total. The Bertz CT molecular complexity index is 840. The molecular formula is C20H26N4O4. The van der Waals surface area contributed by atoms with Crippen LogP contribution in [0.1, 0.15) is 31.2 Å². The number of nitrogens with one attached hydrogen (secondary N) is 3. The standard InChI is InChI=1S/C20H26N4O4/c25-18(24-9-5-1-2-6-10-24)13-22-20(28)23-17(19(26)27)11-14-12-21-16-8-4-3-7-15(14)16/h3-4,7-8,12,17,21H,1-2,5-6,9-11,13H2,(H,26,27)(H2,22,23,28). The van der Waals surface area contributed by atoms with Gasteiger partial charge >= 0.3 is 12.0 Å². The molecule has 1 atom stereocenters. The molecule has 1 aliphatic rings. The van der Waals surface area contributed by atoms with E-state index in [2.05, 4.69) is 15.6 Å². The fraction of sp³-hybridized carbons (Fsp3) is 0.450. The normalized spacial score (nSPS) is 15.6. The van der Waals surface area contributed by atoms with Crippen LogP contribution in [0.25, 0.3) is 10.9 Å². The minimum Gasteiger partial charge on any atom is -0.480 e. The Balaban J connectivity index is 1.54. The van der Waals surface area contributed by atoms with E-state index in [9.17, 15) is 19.5 Å². The molecule has 3 rings (SSSR count). The molecule has 2 aromatic rings. The molecule has 28 heavy (non-hydrogen) atoms. The van der Waals surface area contributed by atoms with Crippen molar-refractivity contribution in [2.75, 3.05) is 19.6 Å². The number of carboxylic acid groups (broad SMARTS) is 1. The summed E-state index contributed by atoms with van der Waals surface area (Å²) in [6.07, 6.45) is 6.08. The second-order valence-corrected chi connectivity index (χ2v) is 7.08. The molecule has 150 valence electrons. The van der Waals surface area contributed by atoms with Crippen molar-refractivity contribution in [1.29, 1.82) is 0 Å². The second kappa shape index (κ2) is 9.25. The van der Waals surface area contributed by atoms with Crippen molar-refractivity contribution in [2.45, 2.75) is 38.1 Å². The van der Waals surface area contributed by atoms with Gasteiger partial charge < -0.3 is 25.6 Å². The van der Waals surface area contributed by atoms with Crippen LogP contribution < -0.4 is 10.6 Å². The summed E-state index contributed by atoms with van der Waals surface area (Å²) in [5.41, 5.74) is 1.72. The van der Waals surface area contributed by atoms with Gasteiger partial charge in [-0.25, -0.2) is 9.59 Å². The largest absolute Gasteiger partial charge is 0.480 e. The number of para-hydroxylation sites is 1. The van der Waals surface area contributed by atoms with Gasteiger partial charge in [-0.2, -0.15) is 0 Å². The maximum absolute atomic E-state index is 12.2. The minimum atomic E-state index is -1.13. The fourth-order valence-electron chi connectivity index (χ4n) is 3.52. The minimum absolute atomic E-state index is 0.134. The number of carboxylic acids is 1. The summed E-state index contributed by atoms with van der Waals surface area (Å²) in [4.78, 5) is 40.8. The van der Waals surface area contributed by atoms with Crippen LogP contribution in [0, 0.1) is 0 Å². The summed E-state index contributed by atoms with van der Waals surface area (Å²) in [6.45, 7) is 1.28. The predicted molar refractivity (Wildman–Crippen MR) is 105 cm³/mol. The maximum Gasteiger partial charge on any atom is 0.326 e. The smallest absolute Gasteiger partial charge is 0.326 e. The monoisotopic (exact) mass is 386 g/mol. The first-order valence-electron chi connectivity index (χ1n) is 9.64. The third-order valence-electron chi connectivity index (χ3n) is 5.06. The maximum atomic E-state index is 12.2. The molecule has 0 bridgehead atoms. The molecule has 1 aromatic heterocycles. The lowest BCUT2D eigenvalue weighted by Crippen LogP contribution is -2.49. The molecule has 1 fully saturated rings. The molecule has 0 aliphatic carbocycles. The van der Waals surface area contributed by atoms with Gasteiger partial charge in [-0.05, 0) is 24.5 Å². The number of H-pyrrole nitrogens is 1. The SMILES string of the molecule is O=C(NCC(=O)N1CCCCCC1)NC(Cc1c[nH]c2ccccc12)C(=O)O. The fourth-order valence-corrected chi connectivity index (χ4v) is 3.52. The second-order valence-electron chi connectivity index (χ2n) is 7.08. The molecule has 1 aliphatic heterocycles. The van der Waals surface area contributed by atoms with Gasteiger partial charge in [0, 0.05) is 36.6 Å². The first kappa shape index (κ1) is 19.7. The number of hydrogen-bond acceptors (Lipinski definition) is 3. The highest BCUT2D eigenvalue weighted by molar-refractivity contribution is 5.88. The Morgan fingerprint density at radius 2 is 1.82 bits per heavy atom. The average molecular weight is 386 g/mol. The topological polar surface area (TPSA) is 115 Å². The Kier molecular flexibility index (Phi) is 6.52. The first-order valence-corrected chi connectivity index (χ1v) is 9.64. The number of likely N-dealkylation sites (tertiary alicyclic amines) is 1. The van der Waals surface area contributed by atoms with Gasteiger partial charge in [0.05, 0.1) is 6.54 Å². The Labute approximate surface area is 163 Å². The molecule has 4 N–H and O–H groups in total. The third-order valence-corrected chi connectivity index (χ3v) is 5.06. The first-order chi connectivity index (χ1) is 13.5. The van der Waals surface area contributed by atoms with E-state index < -0.39 is 18.0 Å². The molecular weight excluding hydrogens is 360 g/mol. The average Bonchev–Trinajstić information content (AvgIpc) is 2.90. The number of aliphatic carboxylic acids is 1. The summed E-state index contributed by atoms with van der Waals surface area (Å²) in [6, 6.07) is 5.83. The molecule has 2 heterocycles. The third kappa shape index (κ3) is 5.03. The number of urea groups is 1. The van der Waals surface area contributed by atoms with Crippen molar-refractivity contribution in [3.63, 3.8) is 0 Å². The van der Waals surface area contributed by atoms with E-state index in [0.717, 1.165) is 42.1 Å². The van der Waals surface area contributed by atoms with Crippen molar-refractivity contribution in [3.05, 3.63) is 36.0 Å². The number of nitrogens with zero attached hydrogens (tertiary/aromatic N) is 1. The molecule has 1 unspecified atom stereocenters. The Morgan fingerprint density at radius 3 is 2.54 bits per heavy atom. The zero-order valence-electron chi connectivity index (χ0n) is 15.7.